The zero-order valence-electron chi connectivity index (χ0n) is 8.00. The van der Waals surface area contributed by atoms with Gasteiger partial charge in [0.1, 0.15) is 0 Å². The smallest absolute Gasteiger partial charge is 0.402 e. The van der Waals surface area contributed by atoms with Gasteiger partial charge in [-0.15, -0.1) is 0 Å². The van der Waals surface area contributed by atoms with Crippen LogP contribution in [0.3, 0.4) is 0 Å². The van der Waals surface area contributed by atoms with Crippen molar-refractivity contribution in [1.82, 2.24) is 0 Å². The van der Waals surface area contributed by atoms with Crippen molar-refractivity contribution in [2.24, 2.45) is 11.1 Å². The van der Waals surface area contributed by atoms with Crippen LogP contribution in [0.2, 0.25) is 0 Å². The Hall–Kier alpha value is -0.770. The van der Waals surface area contributed by atoms with E-state index in [0.717, 1.165) is 12.8 Å². The van der Waals surface area contributed by atoms with Crippen molar-refractivity contribution in [2.75, 3.05) is 6.61 Å². The van der Waals surface area contributed by atoms with Crippen LogP contribution >= 0.6 is 0 Å². The van der Waals surface area contributed by atoms with Crippen LogP contribution in [-0.4, -0.2) is 22.9 Å². The molecule has 0 aromatic rings. The fraction of sp³-hybridized carbons (Fsp3) is 0.875. The van der Waals surface area contributed by atoms with Crippen LogP contribution in [0.25, 0.3) is 0 Å². The Bertz CT molecular complexity index is 119. The molecule has 0 unspecified atom stereocenters. The van der Waals surface area contributed by atoms with Crippen LogP contribution in [0, 0.1) is 5.41 Å². The molecule has 0 saturated carbocycles. The molecule has 4 heteroatoms. The molecular formula is C8H19NO3. The molecule has 12 heavy (non-hydrogen) atoms. The molecule has 0 aliphatic heterocycles. The summed E-state index contributed by atoms with van der Waals surface area (Å²) >= 11 is 0. The van der Waals surface area contributed by atoms with E-state index >= 15 is 0 Å². The van der Waals surface area contributed by atoms with Gasteiger partial charge in [-0.05, 0) is 11.8 Å². The van der Waals surface area contributed by atoms with Crippen molar-refractivity contribution in [1.29, 1.82) is 0 Å². The molecule has 0 atom stereocenters. The highest BCUT2D eigenvalue weighted by Crippen LogP contribution is 2.19. The van der Waals surface area contributed by atoms with E-state index in [4.69, 9.17) is 15.0 Å². The Morgan fingerprint density at radius 2 is 1.83 bits per heavy atom. The predicted molar refractivity (Wildman–Crippen MR) is 48.0 cm³/mol. The van der Waals surface area contributed by atoms with Gasteiger partial charge in [0.2, 0.25) is 0 Å². The molecule has 0 aromatic carbocycles. The summed E-state index contributed by atoms with van der Waals surface area (Å²) in [6.07, 6.45) is 0.942. The van der Waals surface area contributed by atoms with Crippen LogP contribution in [0.1, 0.15) is 33.6 Å². The minimum atomic E-state index is -1.33. The van der Waals surface area contributed by atoms with E-state index in [0.29, 0.717) is 6.61 Å². The summed E-state index contributed by atoms with van der Waals surface area (Å²) in [4.78, 5) is 8.78. The molecule has 0 radical (unpaired) electrons. The van der Waals surface area contributed by atoms with Crippen molar-refractivity contribution in [2.45, 2.75) is 33.6 Å². The molecule has 4 nitrogen and oxygen atoms in total. The fourth-order valence-electron chi connectivity index (χ4n) is 0.756. The topological polar surface area (TPSA) is 83.5 Å². The minimum absolute atomic E-state index is 0.148. The molecule has 0 heterocycles. The van der Waals surface area contributed by atoms with Gasteiger partial charge in [-0.3, -0.25) is 0 Å². The number of primary amides is 1. The largest absolute Gasteiger partial charge is 0.465 e. The Kier molecular flexibility index (Phi) is 7.94. The first-order chi connectivity index (χ1) is 5.35. The predicted octanol–water partition coefficient (Wildman–Crippen LogP) is 1.43. The van der Waals surface area contributed by atoms with Gasteiger partial charge in [-0.2, -0.15) is 0 Å². The highest BCUT2D eigenvalue weighted by Gasteiger charge is 2.13. The van der Waals surface area contributed by atoms with Gasteiger partial charge in [-0.25, -0.2) is 4.79 Å². The Morgan fingerprint density at radius 1 is 1.50 bits per heavy atom. The Morgan fingerprint density at radius 3 is 1.92 bits per heavy atom. The number of carbonyl (C=O) groups is 1. The molecule has 4 N–H and O–H groups in total. The van der Waals surface area contributed by atoms with Gasteiger partial charge < -0.3 is 15.9 Å². The van der Waals surface area contributed by atoms with E-state index in [2.05, 4.69) is 26.5 Å². The summed E-state index contributed by atoms with van der Waals surface area (Å²) in [7, 11) is 0. The molecule has 0 aromatic heterocycles. The summed E-state index contributed by atoms with van der Waals surface area (Å²) in [6, 6.07) is 0. The third kappa shape index (κ3) is 16.1. The van der Waals surface area contributed by atoms with Gasteiger partial charge in [0.05, 0.1) is 0 Å². The van der Waals surface area contributed by atoms with Gasteiger partial charge in [-0.1, -0.05) is 27.2 Å². The number of carboxylic acid groups (broad SMARTS) is 1. The van der Waals surface area contributed by atoms with Crippen molar-refractivity contribution < 1.29 is 15.0 Å². The summed E-state index contributed by atoms with van der Waals surface area (Å²) in [6.45, 7) is 6.60. The van der Waals surface area contributed by atoms with Crippen LogP contribution in [-0.2, 0) is 0 Å². The van der Waals surface area contributed by atoms with Gasteiger partial charge in [0.15, 0.2) is 0 Å². The standard InChI is InChI=1S/C7H16O.CH3NO2/c1-4-5-7(2,3)6-8;2-1(3)4/h8H,4-6H2,1-3H3;2H2,(H,3,4). The summed E-state index contributed by atoms with van der Waals surface area (Å²) < 4.78 is 0. The molecule has 1 amide bonds. The lowest BCUT2D eigenvalue weighted by atomic mass is 9.89. The molecule has 74 valence electrons. The average Bonchev–Trinajstić information content (AvgIpc) is 1.86. The third-order valence-electron chi connectivity index (χ3n) is 1.35. The highest BCUT2D eigenvalue weighted by molar-refractivity contribution is 5.61. The number of aliphatic hydroxyl groups excluding tert-OH is 1. The number of rotatable bonds is 3. The molecule has 0 aliphatic rings. The third-order valence-corrected chi connectivity index (χ3v) is 1.35. The lowest BCUT2D eigenvalue weighted by Crippen LogP contribution is -2.15. The quantitative estimate of drug-likeness (QED) is 0.609. The van der Waals surface area contributed by atoms with E-state index in [1.54, 1.807) is 0 Å². The van der Waals surface area contributed by atoms with Crippen LogP contribution in [0.4, 0.5) is 4.79 Å². The first-order valence-electron chi connectivity index (χ1n) is 3.95. The maximum absolute atomic E-state index is 8.78. The monoisotopic (exact) mass is 177 g/mol. The van der Waals surface area contributed by atoms with E-state index in [1.165, 1.54) is 0 Å². The second-order valence-electron chi connectivity index (χ2n) is 3.41. The van der Waals surface area contributed by atoms with Crippen LogP contribution < -0.4 is 5.73 Å². The van der Waals surface area contributed by atoms with Crippen molar-refractivity contribution in [3.05, 3.63) is 0 Å². The average molecular weight is 177 g/mol. The fourth-order valence-corrected chi connectivity index (χ4v) is 0.756. The number of nitrogens with two attached hydrogens (primary N) is 1. The Labute approximate surface area is 73.4 Å². The molecule has 0 fully saturated rings. The number of hydrogen-bond acceptors (Lipinski definition) is 2. The molecule has 0 spiro atoms. The van der Waals surface area contributed by atoms with Crippen molar-refractivity contribution in [3.63, 3.8) is 0 Å². The molecule has 0 bridgehead atoms. The van der Waals surface area contributed by atoms with Crippen molar-refractivity contribution in [3.8, 4) is 0 Å². The van der Waals surface area contributed by atoms with Gasteiger partial charge in [0, 0.05) is 6.61 Å². The van der Waals surface area contributed by atoms with E-state index in [1.807, 2.05) is 0 Å². The number of amides is 1. The molecule has 0 aliphatic carbocycles. The first-order valence-corrected chi connectivity index (χ1v) is 3.95. The van der Waals surface area contributed by atoms with E-state index in [-0.39, 0.29) is 5.41 Å². The maximum Gasteiger partial charge on any atom is 0.402 e. The lowest BCUT2D eigenvalue weighted by Gasteiger charge is -2.19. The molecule has 0 saturated heterocycles. The SMILES string of the molecule is CCCC(C)(C)CO.NC(=O)O. The first kappa shape index (κ1) is 13.8. The minimum Gasteiger partial charge on any atom is -0.465 e. The normalized spacial score (nSPS) is 10.0. The summed E-state index contributed by atoms with van der Waals surface area (Å²) in [5, 5.41) is 15.9. The zero-order valence-corrected chi connectivity index (χ0v) is 8.00. The highest BCUT2D eigenvalue weighted by atomic mass is 16.4. The zero-order chi connectivity index (χ0) is 10.2. The van der Waals surface area contributed by atoms with Gasteiger partial charge in [0.25, 0.3) is 0 Å². The lowest BCUT2D eigenvalue weighted by molar-refractivity contribution is 0.149. The van der Waals surface area contributed by atoms with Gasteiger partial charge >= 0.3 is 6.09 Å². The van der Waals surface area contributed by atoms with Crippen molar-refractivity contribution >= 4 is 6.09 Å². The van der Waals surface area contributed by atoms with E-state index < -0.39 is 6.09 Å². The number of aliphatic hydroxyl groups is 1. The van der Waals surface area contributed by atoms with Crippen LogP contribution in [0.15, 0.2) is 0 Å². The van der Waals surface area contributed by atoms with E-state index in [9.17, 15) is 0 Å². The van der Waals surface area contributed by atoms with Crippen LogP contribution in [0.5, 0.6) is 0 Å². The Balaban J connectivity index is 0. The molecular weight excluding hydrogens is 158 g/mol. The summed E-state index contributed by atoms with van der Waals surface area (Å²) in [5.41, 5.74) is 4.18. The summed E-state index contributed by atoms with van der Waals surface area (Å²) in [5.74, 6) is 0. The number of hydrogen-bond donors (Lipinski definition) is 3. The second kappa shape index (κ2) is 6.91. The second-order valence-corrected chi connectivity index (χ2v) is 3.41. The maximum atomic E-state index is 8.78. The molecule has 0 rings (SSSR count).